The van der Waals surface area contributed by atoms with E-state index in [4.69, 9.17) is 4.74 Å². The summed E-state index contributed by atoms with van der Waals surface area (Å²) in [5.74, 6) is -0.183. The largest absolute Gasteiger partial charge is 0.494 e. The second-order valence-corrected chi connectivity index (χ2v) is 8.99. The summed E-state index contributed by atoms with van der Waals surface area (Å²) in [6.45, 7) is 2.20. The predicted molar refractivity (Wildman–Crippen MR) is 127 cm³/mol. The minimum absolute atomic E-state index is 0.0543. The molecule has 0 saturated carbocycles. The lowest BCUT2D eigenvalue weighted by atomic mass is 10.2. The van der Waals surface area contributed by atoms with Crippen LogP contribution < -0.4 is 19.7 Å². The number of hydrogen-bond acceptors (Lipinski definition) is 5. The van der Waals surface area contributed by atoms with Crippen molar-refractivity contribution in [3.05, 3.63) is 84.4 Å². The fraction of sp³-hybridized carbons (Fsp3) is 0.167. The quantitative estimate of drug-likeness (QED) is 0.503. The molecule has 33 heavy (non-hydrogen) atoms. The molecule has 9 heteroatoms. The molecule has 0 radical (unpaired) electrons. The predicted octanol–water partition coefficient (Wildman–Crippen LogP) is 3.28. The number of ether oxygens (including phenoxy) is 1. The Labute approximate surface area is 193 Å². The molecule has 2 N–H and O–H groups in total. The summed E-state index contributed by atoms with van der Waals surface area (Å²) in [4.78, 5) is 24.5. The van der Waals surface area contributed by atoms with E-state index in [1.54, 1.807) is 54.6 Å². The highest BCUT2D eigenvalue weighted by Gasteiger charge is 2.21. The highest BCUT2D eigenvalue weighted by atomic mass is 32.2. The summed E-state index contributed by atoms with van der Waals surface area (Å²) in [7, 11) is -2.31. The number of para-hydroxylation sites is 1. The van der Waals surface area contributed by atoms with Crippen LogP contribution in [-0.4, -0.2) is 40.4 Å². The van der Waals surface area contributed by atoms with Crippen molar-refractivity contribution in [2.45, 2.75) is 11.8 Å². The number of carbonyl (C=O) groups is 2. The molecule has 0 fully saturated rings. The lowest BCUT2D eigenvalue weighted by Crippen LogP contribution is -2.33. The summed E-state index contributed by atoms with van der Waals surface area (Å²) in [6, 6.07) is 21.1. The third-order valence-electron chi connectivity index (χ3n) is 4.75. The maximum atomic E-state index is 12.8. The Morgan fingerprint density at radius 2 is 1.55 bits per heavy atom. The molecule has 0 heterocycles. The Morgan fingerprint density at radius 3 is 2.15 bits per heavy atom. The van der Waals surface area contributed by atoms with Gasteiger partial charge in [-0.05, 0) is 67.6 Å². The van der Waals surface area contributed by atoms with E-state index in [1.165, 1.54) is 35.6 Å². The van der Waals surface area contributed by atoms with Crippen LogP contribution in [-0.2, 0) is 14.8 Å². The summed E-state index contributed by atoms with van der Waals surface area (Å²) < 4.78 is 32.2. The van der Waals surface area contributed by atoms with Gasteiger partial charge in [0.15, 0.2) is 0 Å². The third kappa shape index (κ3) is 6.11. The van der Waals surface area contributed by atoms with Crippen LogP contribution in [0.2, 0.25) is 0 Å². The number of carbonyl (C=O) groups excluding carboxylic acids is 2. The first-order valence-electron chi connectivity index (χ1n) is 10.3. The Bertz CT molecular complexity index is 1200. The zero-order valence-corrected chi connectivity index (χ0v) is 19.1. The van der Waals surface area contributed by atoms with Crippen LogP contribution in [0.15, 0.2) is 83.8 Å². The standard InChI is InChI=1S/C24H25N3O5S/c1-3-32-21-13-11-19(12-14-21)26-23(28)17-25-24(29)18-9-15-22(16-10-18)33(30,31)27(2)20-7-5-4-6-8-20/h4-16H,3,17H2,1-2H3,(H,25,29)(H,26,28). The molecule has 0 unspecified atom stereocenters. The van der Waals surface area contributed by atoms with E-state index in [9.17, 15) is 18.0 Å². The van der Waals surface area contributed by atoms with Gasteiger partial charge in [-0.1, -0.05) is 18.2 Å². The Morgan fingerprint density at radius 1 is 0.909 bits per heavy atom. The lowest BCUT2D eigenvalue weighted by molar-refractivity contribution is -0.115. The number of sulfonamides is 1. The van der Waals surface area contributed by atoms with Gasteiger partial charge >= 0.3 is 0 Å². The fourth-order valence-corrected chi connectivity index (χ4v) is 4.18. The Hall–Kier alpha value is -3.85. The van der Waals surface area contributed by atoms with E-state index in [-0.39, 0.29) is 17.0 Å². The third-order valence-corrected chi connectivity index (χ3v) is 6.55. The average Bonchev–Trinajstić information content (AvgIpc) is 2.84. The molecular formula is C24H25N3O5S. The molecule has 3 aromatic rings. The maximum Gasteiger partial charge on any atom is 0.264 e. The van der Waals surface area contributed by atoms with E-state index < -0.39 is 21.8 Å². The zero-order chi connectivity index (χ0) is 23.8. The smallest absolute Gasteiger partial charge is 0.264 e. The van der Waals surface area contributed by atoms with Gasteiger partial charge in [-0.15, -0.1) is 0 Å². The summed E-state index contributed by atoms with van der Waals surface area (Å²) >= 11 is 0. The topological polar surface area (TPSA) is 105 Å². The number of nitrogens with zero attached hydrogens (tertiary/aromatic N) is 1. The lowest BCUT2D eigenvalue weighted by Gasteiger charge is -2.19. The van der Waals surface area contributed by atoms with Crippen molar-refractivity contribution in [2.75, 3.05) is 29.8 Å². The normalized spacial score (nSPS) is 10.8. The SMILES string of the molecule is CCOc1ccc(NC(=O)CNC(=O)c2ccc(S(=O)(=O)N(C)c3ccccc3)cc2)cc1. The summed E-state index contributed by atoms with van der Waals surface area (Å²) in [5, 5.41) is 5.20. The van der Waals surface area contributed by atoms with E-state index in [0.29, 0.717) is 23.7 Å². The van der Waals surface area contributed by atoms with E-state index in [1.807, 2.05) is 6.92 Å². The molecular weight excluding hydrogens is 442 g/mol. The maximum absolute atomic E-state index is 12.8. The van der Waals surface area contributed by atoms with Gasteiger partial charge in [-0.3, -0.25) is 13.9 Å². The highest BCUT2D eigenvalue weighted by Crippen LogP contribution is 2.22. The van der Waals surface area contributed by atoms with Crippen molar-refractivity contribution in [3.63, 3.8) is 0 Å². The molecule has 0 spiro atoms. The van der Waals surface area contributed by atoms with Gasteiger partial charge in [0.1, 0.15) is 5.75 Å². The van der Waals surface area contributed by atoms with Crippen molar-refractivity contribution >= 4 is 33.2 Å². The number of nitrogens with one attached hydrogen (secondary N) is 2. The second kappa shape index (κ2) is 10.6. The van der Waals surface area contributed by atoms with Crippen molar-refractivity contribution in [2.24, 2.45) is 0 Å². The van der Waals surface area contributed by atoms with E-state index in [0.717, 1.165) is 0 Å². The molecule has 3 rings (SSSR count). The van der Waals surface area contributed by atoms with Crippen LogP contribution >= 0.6 is 0 Å². The Balaban J connectivity index is 1.57. The van der Waals surface area contributed by atoms with Crippen LogP contribution in [0.4, 0.5) is 11.4 Å². The van der Waals surface area contributed by atoms with E-state index >= 15 is 0 Å². The molecule has 0 aromatic heterocycles. The molecule has 8 nitrogen and oxygen atoms in total. The van der Waals surface area contributed by atoms with Gasteiger partial charge in [0.05, 0.1) is 23.7 Å². The minimum Gasteiger partial charge on any atom is -0.494 e. The molecule has 0 atom stereocenters. The number of rotatable bonds is 9. The van der Waals surface area contributed by atoms with Gasteiger partial charge in [-0.25, -0.2) is 8.42 Å². The number of hydrogen-bond donors (Lipinski definition) is 2. The molecule has 0 saturated heterocycles. The van der Waals surface area contributed by atoms with Gasteiger partial charge in [-0.2, -0.15) is 0 Å². The van der Waals surface area contributed by atoms with Crippen LogP contribution in [0.25, 0.3) is 0 Å². The van der Waals surface area contributed by atoms with Crippen molar-refractivity contribution in [1.29, 1.82) is 0 Å². The molecule has 0 aliphatic rings. The van der Waals surface area contributed by atoms with Crippen molar-refractivity contribution in [3.8, 4) is 5.75 Å². The molecule has 172 valence electrons. The molecule has 2 amide bonds. The fourth-order valence-electron chi connectivity index (χ4n) is 2.98. The Kier molecular flexibility index (Phi) is 7.68. The molecule has 0 aliphatic heterocycles. The van der Waals surface area contributed by atoms with Crippen LogP contribution in [0, 0.1) is 0 Å². The molecule has 0 bridgehead atoms. The number of amides is 2. The van der Waals surface area contributed by atoms with Gasteiger partial charge < -0.3 is 15.4 Å². The van der Waals surface area contributed by atoms with Crippen LogP contribution in [0.1, 0.15) is 17.3 Å². The van der Waals surface area contributed by atoms with Gasteiger partial charge in [0.2, 0.25) is 5.91 Å². The van der Waals surface area contributed by atoms with Crippen LogP contribution in [0.5, 0.6) is 5.75 Å². The van der Waals surface area contributed by atoms with Crippen molar-refractivity contribution in [1.82, 2.24) is 5.32 Å². The first-order chi connectivity index (χ1) is 15.8. The van der Waals surface area contributed by atoms with Crippen LogP contribution in [0.3, 0.4) is 0 Å². The monoisotopic (exact) mass is 467 g/mol. The highest BCUT2D eigenvalue weighted by molar-refractivity contribution is 7.92. The van der Waals surface area contributed by atoms with Crippen molar-refractivity contribution < 1.29 is 22.7 Å². The number of anilines is 2. The first-order valence-corrected chi connectivity index (χ1v) is 11.7. The molecule has 3 aromatic carbocycles. The average molecular weight is 468 g/mol. The van der Waals surface area contributed by atoms with E-state index in [2.05, 4.69) is 10.6 Å². The molecule has 0 aliphatic carbocycles. The minimum atomic E-state index is -3.77. The first kappa shape index (κ1) is 23.8. The second-order valence-electron chi connectivity index (χ2n) is 7.02. The summed E-state index contributed by atoms with van der Waals surface area (Å²) in [5.41, 5.74) is 1.35. The van der Waals surface area contributed by atoms with Gasteiger partial charge in [0, 0.05) is 18.3 Å². The zero-order valence-electron chi connectivity index (χ0n) is 18.3. The van der Waals surface area contributed by atoms with Gasteiger partial charge in [0.25, 0.3) is 15.9 Å². The summed E-state index contributed by atoms with van der Waals surface area (Å²) in [6.07, 6.45) is 0. The number of benzene rings is 3.